The molecule has 0 aliphatic carbocycles. The maximum Gasteiger partial charge on any atom is 0.243 e. The maximum atomic E-state index is 12.0. The number of sulfonamides is 1. The number of benzene rings is 1. The fourth-order valence-corrected chi connectivity index (χ4v) is 2.91. The highest BCUT2D eigenvalue weighted by molar-refractivity contribution is 7.89. The third-order valence-corrected chi connectivity index (χ3v) is 4.07. The number of nitrogens with one attached hydrogen (secondary N) is 1. The van der Waals surface area contributed by atoms with Crippen molar-refractivity contribution in [2.24, 2.45) is 0 Å². The van der Waals surface area contributed by atoms with Crippen molar-refractivity contribution in [3.8, 4) is 0 Å². The Hall–Kier alpha value is -0.820. The summed E-state index contributed by atoms with van der Waals surface area (Å²) in [5.74, 6) is 0. The molecule has 0 bridgehead atoms. The Kier molecular flexibility index (Phi) is 4.03. The van der Waals surface area contributed by atoms with Crippen LogP contribution in [0.5, 0.6) is 0 Å². The first-order chi connectivity index (χ1) is 7.68. The quantitative estimate of drug-likeness (QED) is 0.716. The summed E-state index contributed by atoms with van der Waals surface area (Å²) in [6.45, 7) is 2.81. The third-order valence-electron chi connectivity index (χ3n) is 2.07. The molecule has 0 fully saturated rings. The highest BCUT2D eigenvalue weighted by atomic mass is 35.5. The van der Waals surface area contributed by atoms with E-state index in [9.17, 15) is 8.42 Å². The second-order valence-corrected chi connectivity index (χ2v) is 6.42. The molecule has 0 radical (unpaired) electrons. The predicted molar refractivity (Wildman–Crippen MR) is 67.4 cm³/mol. The average molecular weight is 279 g/mol. The number of aliphatic hydroxyl groups excluding tert-OH is 1. The van der Waals surface area contributed by atoms with Crippen LogP contribution in [0.2, 0.25) is 5.02 Å². The molecule has 0 atom stereocenters. The van der Waals surface area contributed by atoms with Crippen molar-refractivity contribution in [1.29, 1.82) is 0 Å². The molecule has 0 spiro atoms. The lowest BCUT2D eigenvalue weighted by molar-refractivity contribution is 0.208. The number of hydrogen-bond donors (Lipinski definition) is 3. The van der Waals surface area contributed by atoms with E-state index < -0.39 is 15.6 Å². The van der Waals surface area contributed by atoms with Gasteiger partial charge in [-0.2, -0.15) is 0 Å². The predicted octanol–water partition coefficient (Wildman–Crippen LogP) is 0.971. The SMILES string of the molecule is CC(C)(CO)NS(=O)(=O)c1ccc(Cl)cc1N. The van der Waals surface area contributed by atoms with Gasteiger partial charge in [0.2, 0.25) is 10.0 Å². The van der Waals surface area contributed by atoms with Gasteiger partial charge < -0.3 is 10.8 Å². The lowest BCUT2D eigenvalue weighted by atomic mass is 10.1. The van der Waals surface area contributed by atoms with Crippen molar-refractivity contribution in [2.75, 3.05) is 12.3 Å². The summed E-state index contributed by atoms with van der Waals surface area (Å²) in [5.41, 5.74) is 4.72. The monoisotopic (exact) mass is 278 g/mol. The Bertz CT molecular complexity index is 514. The van der Waals surface area contributed by atoms with Gasteiger partial charge in [0.15, 0.2) is 0 Å². The Morgan fingerprint density at radius 3 is 2.53 bits per heavy atom. The normalized spacial score (nSPS) is 12.7. The first-order valence-corrected chi connectivity index (χ1v) is 6.74. The molecule has 5 nitrogen and oxygen atoms in total. The number of rotatable bonds is 4. The third kappa shape index (κ3) is 3.57. The van der Waals surface area contributed by atoms with Crippen LogP contribution in [0.3, 0.4) is 0 Å². The van der Waals surface area contributed by atoms with E-state index in [1.165, 1.54) is 18.2 Å². The summed E-state index contributed by atoms with van der Waals surface area (Å²) >= 11 is 5.69. The second kappa shape index (κ2) is 4.81. The summed E-state index contributed by atoms with van der Waals surface area (Å²) < 4.78 is 26.3. The molecule has 0 aliphatic heterocycles. The standard InChI is InChI=1S/C10H15ClN2O3S/c1-10(2,6-14)13-17(15,16)9-4-3-7(11)5-8(9)12/h3-5,13-14H,6,12H2,1-2H3. The molecule has 0 aliphatic rings. The minimum atomic E-state index is -3.77. The van der Waals surface area contributed by atoms with Gasteiger partial charge in [-0.15, -0.1) is 0 Å². The smallest absolute Gasteiger partial charge is 0.243 e. The van der Waals surface area contributed by atoms with E-state index >= 15 is 0 Å². The molecule has 0 amide bonds. The number of nitrogen functional groups attached to an aromatic ring is 1. The first kappa shape index (κ1) is 14.2. The van der Waals surface area contributed by atoms with Gasteiger partial charge in [0.1, 0.15) is 4.90 Å². The largest absolute Gasteiger partial charge is 0.398 e. The van der Waals surface area contributed by atoms with Crippen LogP contribution in [0.25, 0.3) is 0 Å². The Morgan fingerprint density at radius 2 is 2.06 bits per heavy atom. The van der Waals surface area contributed by atoms with Crippen LogP contribution in [-0.4, -0.2) is 25.7 Å². The molecule has 96 valence electrons. The zero-order valence-corrected chi connectivity index (χ0v) is 11.1. The summed E-state index contributed by atoms with van der Waals surface area (Å²) in [7, 11) is -3.77. The van der Waals surface area contributed by atoms with Crippen molar-refractivity contribution >= 4 is 27.3 Å². The summed E-state index contributed by atoms with van der Waals surface area (Å²) in [6, 6.07) is 4.13. The van der Waals surface area contributed by atoms with Crippen LogP contribution in [0.1, 0.15) is 13.8 Å². The van der Waals surface area contributed by atoms with Gasteiger partial charge in [0.25, 0.3) is 0 Å². The summed E-state index contributed by atoms with van der Waals surface area (Å²) in [5, 5.41) is 9.40. The highest BCUT2D eigenvalue weighted by Crippen LogP contribution is 2.23. The number of halogens is 1. The minimum Gasteiger partial charge on any atom is -0.398 e. The van der Waals surface area contributed by atoms with E-state index in [0.29, 0.717) is 5.02 Å². The van der Waals surface area contributed by atoms with Crippen LogP contribution >= 0.6 is 11.6 Å². The molecule has 4 N–H and O–H groups in total. The summed E-state index contributed by atoms with van der Waals surface area (Å²) in [4.78, 5) is -0.0524. The van der Waals surface area contributed by atoms with Gasteiger partial charge in [-0.25, -0.2) is 13.1 Å². The van der Waals surface area contributed by atoms with Crippen molar-refractivity contribution in [1.82, 2.24) is 4.72 Å². The molecule has 17 heavy (non-hydrogen) atoms. The van der Waals surface area contributed by atoms with Crippen molar-refractivity contribution in [2.45, 2.75) is 24.3 Å². The van der Waals surface area contributed by atoms with E-state index in [2.05, 4.69) is 4.72 Å². The van der Waals surface area contributed by atoms with Gasteiger partial charge >= 0.3 is 0 Å². The van der Waals surface area contributed by atoms with Gasteiger partial charge in [-0.1, -0.05) is 11.6 Å². The Balaban J connectivity index is 3.14. The lowest BCUT2D eigenvalue weighted by Gasteiger charge is -2.23. The molecule has 0 saturated carbocycles. The zero-order valence-electron chi connectivity index (χ0n) is 9.57. The summed E-state index contributed by atoms with van der Waals surface area (Å²) in [6.07, 6.45) is 0. The van der Waals surface area contributed by atoms with Crippen molar-refractivity contribution in [3.05, 3.63) is 23.2 Å². The van der Waals surface area contributed by atoms with Crippen LogP contribution in [0, 0.1) is 0 Å². The van der Waals surface area contributed by atoms with Crippen molar-refractivity contribution < 1.29 is 13.5 Å². The van der Waals surface area contributed by atoms with Gasteiger partial charge in [-0.3, -0.25) is 0 Å². The number of hydrogen-bond acceptors (Lipinski definition) is 4. The van der Waals surface area contributed by atoms with Gasteiger partial charge in [-0.05, 0) is 32.0 Å². The molecule has 0 saturated heterocycles. The van der Waals surface area contributed by atoms with Crippen molar-refractivity contribution in [3.63, 3.8) is 0 Å². The average Bonchev–Trinajstić information content (AvgIpc) is 2.15. The Labute approximate surface area is 106 Å². The molecule has 1 aromatic rings. The number of anilines is 1. The minimum absolute atomic E-state index is 0.0524. The first-order valence-electron chi connectivity index (χ1n) is 4.88. The van der Waals surface area contributed by atoms with Crippen LogP contribution in [0.15, 0.2) is 23.1 Å². The zero-order chi connectivity index (χ0) is 13.3. The van der Waals surface area contributed by atoms with Crippen LogP contribution < -0.4 is 10.5 Å². The van der Waals surface area contributed by atoms with E-state index in [-0.39, 0.29) is 17.2 Å². The van der Waals surface area contributed by atoms with Crippen LogP contribution in [-0.2, 0) is 10.0 Å². The van der Waals surface area contributed by atoms with Gasteiger partial charge in [0, 0.05) is 5.02 Å². The molecule has 0 heterocycles. The van der Waals surface area contributed by atoms with E-state index in [0.717, 1.165) is 0 Å². The molecule has 1 aromatic carbocycles. The highest BCUT2D eigenvalue weighted by Gasteiger charge is 2.26. The molecular formula is C10H15ClN2O3S. The topological polar surface area (TPSA) is 92.4 Å². The second-order valence-electron chi connectivity index (χ2n) is 4.33. The molecular weight excluding hydrogens is 264 g/mol. The number of nitrogens with two attached hydrogens (primary N) is 1. The maximum absolute atomic E-state index is 12.0. The fraction of sp³-hybridized carbons (Fsp3) is 0.400. The van der Waals surface area contributed by atoms with E-state index in [4.69, 9.17) is 22.4 Å². The fourth-order valence-electron chi connectivity index (χ4n) is 1.22. The van der Waals surface area contributed by atoms with Crippen LogP contribution in [0.4, 0.5) is 5.69 Å². The molecule has 1 rings (SSSR count). The van der Waals surface area contributed by atoms with Gasteiger partial charge in [0.05, 0.1) is 17.8 Å². The lowest BCUT2D eigenvalue weighted by Crippen LogP contribution is -2.46. The van der Waals surface area contributed by atoms with E-state index in [1.54, 1.807) is 13.8 Å². The molecule has 7 heteroatoms. The number of aliphatic hydroxyl groups is 1. The molecule has 0 aromatic heterocycles. The Morgan fingerprint density at radius 1 is 1.47 bits per heavy atom. The van der Waals surface area contributed by atoms with E-state index in [1.807, 2.05) is 0 Å². The molecule has 0 unspecified atom stereocenters.